The summed E-state index contributed by atoms with van der Waals surface area (Å²) in [6.45, 7) is 0. The summed E-state index contributed by atoms with van der Waals surface area (Å²) in [5, 5.41) is 2.96. The molecule has 0 heterocycles. The Kier molecular flexibility index (Phi) is 8.44. The van der Waals surface area contributed by atoms with Crippen LogP contribution in [0, 0.1) is 5.92 Å². The lowest BCUT2D eigenvalue weighted by atomic mass is 10.1. The van der Waals surface area contributed by atoms with E-state index in [1.165, 1.54) is 18.9 Å². The fourth-order valence-electron chi connectivity index (χ4n) is 2.55. The molecular weight excluding hydrogens is 336 g/mol. The van der Waals surface area contributed by atoms with Crippen LogP contribution in [0.25, 0.3) is 0 Å². The zero-order valence-corrected chi connectivity index (χ0v) is 14.8. The Bertz CT molecular complexity index is 542. The van der Waals surface area contributed by atoms with Gasteiger partial charge in [-0.2, -0.15) is 0 Å². The summed E-state index contributed by atoms with van der Waals surface area (Å²) in [4.78, 5) is 23.3. The summed E-state index contributed by atoms with van der Waals surface area (Å²) >= 11 is 1.49. The van der Waals surface area contributed by atoms with Crippen LogP contribution in [0.4, 0.5) is 5.69 Å². The third kappa shape index (κ3) is 6.41. The maximum atomic E-state index is 12.2. The first-order valence-corrected chi connectivity index (χ1v) is 8.54. The number of benzene rings is 1. The lowest BCUT2D eigenvalue weighted by molar-refractivity contribution is -0.137. The Balaban J connectivity index is 0.00000264. The van der Waals surface area contributed by atoms with Gasteiger partial charge in [0.25, 0.3) is 0 Å². The van der Waals surface area contributed by atoms with Crippen molar-refractivity contribution in [3.05, 3.63) is 29.8 Å². The summed E-state index contributed by atoms with van der Waals surface area (Å²) in [6.07, 6.45) is 2.55. The lowest BCUT2D eigenvalue weighted by Gasteiger charge is -2.11. The van der Waals surface area contributed by atoms with E-state index in [0.717, 1.165) is 30.5 Å². The first kappa shape index (κ1) is 19.8. The maximum absolute atomic E-state index is 12.2. The van der Waals surface area contributed by atoms with Gasteiger partial charge in [-0.1, -0.05) is 12.1 Å². The molecule has 5 nitrogen and oxygen atoms in total. The number of thioether (sulfide) groups is 1. The highest BCUT2D eigenvalue weighted by molar-refractivity contribution is 7.99. The molecule has 0 spiro atoms. The van der Waals surface area contributed by atoms with Crippen LogP contribution in [0.5, 0.6) is 0 Å². The second-order valence-corrected chi connectivity index (χ2v) is 6.51. The highest BCUT2D eigenvalue weighted by atomic mass is 35.5. The molecule has 1 fully saturated rings. The number of carbonyl (C=O) groups is 2. The molecule has 1 aliphatic rings. The van der Waals surface area contributed by atoms with Crippen LogP contribution >= 0.6 is 24.2 Å². The molecule has 7 heteroatoms. The monoisotopic (exact) mass is 358 g/mol. The number of carbonyl (C=O) groups excluding carboxylic acids is 2. The molecule has 0 radical (unpaired) electrons. The van der Waals surface area contributed by atoms with E-state index in [2.05, 4.69) is 10.1 Å². The minimum Gasteiger partial charge on any atom is -0.468 e. The predicted molar refractivity (Wildman–Crippen MR) is 95.8 cm³/mol. The van der Waals surface area contributed by atoms with Gasteiger partial charge in [0.2, 0.25) is 5.91 Å². The number of ether oxygens (including phenoxy) is 1. The molecular formula is C16H23ClN2O3S. The van der Waals surface area contributed by atoms with Crippen LogP contribution in [0.3, 0.4) is 0 Å². The van der Waals surface area contributed by atoms with Crippen LogP contribution in [-0.4, -0.2) is 30.8 Å². The molecule has 0 aromatic heterocycles. The van der Waals surface area contributed by atoms with E-state index in [1.807, 2.05) is 24.3 Å². The first-order valence-electron chi connectivity index (χ1n) is 7.38. The van der Waals surface area contributed by atoms with Crippen LogP contribution in [-0.2, 0) is 20.1 Å². The molecule has 1 aromatic rings. The lowest BCUT2D eigenvalue weighted by Crippen LogP contribution is -2.23. The van der Waals surface area contributed by atoms with Crippen molar-refractivity contribution in [3.63, 3.8) is 0 Å². The molecule has 1 aromatic carbocycles. The molecule has 2 unspecified atom stereocenters. The van der Waals surface area contributed by atoms with E-state index in [1.54, 1.807) is 0 Å². The van der Waals surface area contributed by atoms with Gasteiger partial charge in [0.15, 0.2) is 0 Å². The summed E-state index contributed by atoms with van der Waals surface area (Å²) in [5.41, 5.74) is 7.71. The molecule has 1 aliphatic carbocycles. The van der Waals surface area contributed by atoms with Crippen LogP contribution in [0.15, 0.2) is 24.3 Å². The Hall–Kier alpha value is -1.24. The van der Waals surface area contributed by atoms with E-state index in [-0.39, 0.29) is 36.2 Å². The Morgan fingerprint density at radius 1 is 1.39 bits per heavy atom. The average Bonchev–Trinajstić information content (AvgIpc) is 2.94. The second-order valence-electron chi connectivity index (χ2n) is 5.53. The third-order valence-electron chi connectivity index (χ3n) is 3.75. The Morgan fingerprint density at radius 2 is 2.17 bits per heavy atom. The van der Waals surface area contributed by atoms with Gasteiger partial charge in [-0.25, -0.2) is 0 Å². The van der Waals surface area contributed by atoms with E-state index < -0.39 is 0 Å². The van der Waals surface area contributed by atoms with Crippen molar-refractivity contribution in [2.75, 3.05) is 18.2 Å². The van der Waals surface area contributed by atoms with Gasteiger partial charge in [-0.15, -0.1) is 24.2 Å². The van der Waals surface area contributed by atoms with Crippen molar-refractivity contribution in [2.24, 2.45) is 11.7 Å². The minimum absolute atomic E-state index is 0. The van der Waals surface area contributed by atoms with Crippen LogP contribution < -0.4 is 11.1 Å². The number of hydrogen-bond donors (Lipinski definition) is 2. The first-order chi connectivity index (χ1) is 10.6. The number of nitrogens with two attached hydrogens (primary N) is 1. The standard InChI is InChI=1S/C16H22N2O3S.ClH/c1-21-15(19)10-22-9-11-3-2-4-14(7-11)18-16(20)12-5-6-13(17)8-12;/h2-4,7,12-13H,5-6,8-10,17H2,1H3,(H,18,20);1H. The number of anilines is 1. The number of halogens is 1. The number of methoxy groups -OCH3 is 1. The zero-order valence-electron chi connectivity index (χ0n) is 13.1. The topological polar surface area (TPSA) is 81.4 Å². The molecule has 128 valence electrons. The van der Waals surface area contributed by atoms with Crippen molar-refractivity contribution in [3.8, 4) is 0 Å². The highest BCUT2D eigenvalue weighted by Gasteiger charge is 2.27. The summed E-state index contributed by atoms with van der Waals surface area (Å²) < 4.78 is 4.60. The molecule has 2 atom stereocenters. The van der Waals surface area contributed by atoms with Crippen molar-refractivity contribution >= 4 is 41.7 Å². The van der Waals surface area contributed by atoms with Gasteiger partial charge in [0, 0.05) is 23.4 Å². The van der Waals surface area contributed by atoms with Gasteiger partial charge in [0.1, 0.15) is 0 Å². The average molecular weight is 359 g/mol. The normalized spacial score (nSPS) is 19.7. The van der Waals surface area contributed by atoms with Crippen LogP contribution in [0.2, 0.25) is 0 Å². The number of esters is 1. The molecule has 0 saturated heterocycles. The van der Waals surface area contributed by atoms with Crippen molar-refractivity contribution < 1.29 is 14.3 Å². The van der Waals surface area contributed by atoms with Gasteiger partial charge >= 0.3 is 5.97 Å². The molecule has 1 amide bonds. The number of hydrogen-bond acceptors (Lipinski definition) is 5. The van der Waals surface area contributed by atoms with Crippen LogP contribution in [0.1, 0.15) is 24.8 Å². The smallest absolute Gasteiger partial charge is 0.315 e. The molecule has 0 bridgehead atoms. The molecule has 2 rings (SSSR count). The van der Waals surface area contributed by atoms with Gasteiger partial charge in [-0.05, 0) is 37.0 Å². The fraction of sp³-hybridized carbons (Fsp3) is 0.500. The number of nitrogens with one attached hydrogen (secondary N) is 1. The Morgan fingerprint density at radius 3 is 2.83 bits per heavy atom. The van der Waals surface area contributed by atoms with Crippen molar-refractivity contribution in [2.45, 2.75) is 31.1 Å². The number of amides is 1. The van der Waals surface area contributed by atoms with Gasteiger partial charge < -0.3 is 15.8 Å². The van der Waals surface area contributed by atoms with Gasteiger partial charge in [-0.3, -0.25) is 9.59 Å². The SMILES string of the molecule is COC(=O)CSCc1cccc(NC(=O)C2CCC(N)C2)c1.Cl. The quantitative estimate of drug-likeness (QED) is 0.764. The molecule has 3 N–H and O–H groups in total. The summed E-state index contributed by atoms with van der Waals surface area (Å²) in [5.74, 6) is 0.867. The van der Waals surface area contributed by atoms with Crippen molar-refractivity contribution in [1.82, 2.24) is 0 Å². The predicted octanol–water partition coefficient (Wildman–Crippen LogP) is 2.58. The Labute approximate surface area is 147 Å². The largest absolute Gasteiger partial charge is 0.468 e. The third-order valence-corrected chi connectivity index (χ3v) is 4.73. The minimum atomic E-state index is -0.230. The number of rotatable bonds is 6. The zero-order chi connectivity index (χ0) is 15.9. The summed E-state index contributed by atoms with van der Waals surface area (Å²) in [6, 6.07) is 7.85. The summed E-state index contributed by atoms with van der Waals surface area (Å²) in [7, 11) is 1.38. The molecule has 0 aliphatic heterocycles. The maximum Gasteiger partial charge on any atom is 0.315 e. The highest BCUT2D eigenvalue weighted by Crippen LogP contribution is 2.26. The molecule has 23 heavy (non-hydrogen) atoms. The molecule has 1 saturated carbocycles. The van der Waals surface area contributed by atoms with E-state index in [9.17, 15) is 9.59 Å². The van der Waals surface area contributed by atoms with E-state index >= 15 is 0 Å². The second kappa shape index (κ2) is 9.80. The van der Waals surface area contributed by atoms with E-state index in [4.69, 9.17) is 5.73 Å². The van der Waals surface area contributed by atoms with E-state index in [0.29, 0.717) is 11.5 Å². The fourth-order valence-corrected chi connectivity index (χ4v) is 3.35. The van der Waals surface area contributed by atoms with Gasteiger partial charge in [0.05, 0.1) is 12.9 Å². The van der Waals surface area contributed by atoms with Crippen molar-refractivity contribution in [1.29, 1.82) is 0 Å².